The van der Waals surface area contributed by atoms with Crippen LogP contribution in [0.15, 0.2) is 59.6 Å². The van der Waals surface area contributed by atoms with Crippen molar-refractivity contribution in [3.8, 4) is 0 Å². The first-order valence-electron chi connectivity index (χ1n) is 7.89. The highest BCUT2D eigenvalue weighted by atomic mass is 35.5. The Balaban J connectivity index is 1.69. The van der Waals surface area contributed by atoms with Gasteiger partial charge >= 0.3 is 0 Å². The topological polar surface area (TPSA) is 49.7 Å². The highest BCUT2D eigenvalue weighted by Gasteiger charge is 2.43. The fraction of sp³-hybridized carbons (Fsp3) is 0.211. The van der Waals surface area contributed by atoms with Gasteiger partial charge in [-0.2, -0.15) is 0 Å². The first kappa shape index (κ1) is 17.6. The molecule has 1 aliphatic rings. The fourth-order valence-electron chi connectivity index (χ4n) is 2.61. The molecule has 2 aromatic rings. The molecule has 1 fully saturated rings. The van der Waals surface area contributed by atoms with Crippen LogP contribution in [0.25, 0.3) is 0 Å². The Morgan fingerprint density at radius 2 is 1.64 bits per heavy atom. The molecule has 1 saturated heterocycles. The molecular weight excluding hydrogens is 359 g/mol. The van der Waals surface area contributed by atoms with Gasteiger partial charge in [-0.05, 0) is 29.7 Å². The molecule has 2 aromatic carbocycles. The van der Waals surface area contributed by atoms with Crippen LogP contribution in [0.2, 0.25) is 5.02 Å². The first-order valence-corrected chi connectivity index (χ1v) is 8.70. The quantitative estimate of drug-likeness (QED) is 0.593. The van der Waals surface area contributed by atoms with E-state index in [1.807, 2.05) is 42.5 Å². The third kappa shape index (κ3) is 4.09. The summed E-state index contributed by atoms with van der Waals surface area (Å²) in [6, 6.07) is 16.8. The van der Waals surface area contributed by atoms with Crippen molar-refractivity contribution < 1.29 is 9.59 Å². The summed E-state index contributed by atoms with van der Waals surface area (Å²) in [5, 5.41) is -0.388. The van der Waals surface area contributed by atoms with Crippen molar-refractivity contribution in [3.63, 3.8) is 0 Å². The van der Waals surface area contributed by atoms with Gasteiger partial charge in [0, 0.05) is 11.6 Å². The summed E-state index contributed by atoms with van der Waals surface area (Å²) in [7, 11) is 0. The maximum absolute atomic E-state index is 12.5. The van der Waals surface area contributed by atoms with Crippen molar-refractivity contribution in [1.82, 2.24) is 4.90 Å². The van der Waals surface area contributed by atoms with E-state index in [0.717, 1.165) is 11.1 Å². The average Bonchev–Trinajstić information content (AvgIpc) is 2.83. The van der Waals surface area contributed by atoms with E-state index >= 15 is 0 Å². The summed E-state index contributed by atoms with van der Waals surface area (Å²) >= 11 is 12.0. The number of aliphatic imine (C=N–C) groups is 1. The number of halogens is 2. The Morgan fingerprint density at radius 3 is 2.32 bits per heavy atom. The van der Waals surface area contributed by atoms with E-state index in [4.69, 9.17) is 23.2 Å². The van der Waals surface area contributed by atoms with Gasteiger partial charge in [-0.25, -0.2) is 0 Å². The van der Waals surface area contributed by atoms with Gasteiger partial charge in [-0.1, -0.05) is 54.1 Å². The summed E-state index contributed by atoms with van der Waals surface area (Å²) < 4.78 is 0. The Labute approximate surface area is 156 Å². The molecular formula is C19H16Cl2N2O2. The van der Waals surface area contributed by atoms with Crippen LogP contribution >= 0.6 is 23.2 Å². The van der Waals surface area contributed by atoms with Gasteiger partial charge in [-0.3, -0.25) is 19.5 Å². The SMILES string of the molecule is O=C1C(=NCc2ccc(Cl)cc2)C(Cl)C(=O)N1CCc1ccccc1. The lowest BCUT2D eigenvalue weighted by atomic mass is 10.1. The number of likely N-dealkylation sites (tertiary alicyclic amines) is 1. The minimum absolute atomic E-state index is 0.106. The van der Waals surface area contributed by atoms with Crippen molar-refractivity contribution >= 4 is 40.7 Å². The molecule has 0 saturated carbocycles. The van der Waals surface area contributed by atoms with E-state index in [1.165, 1.54) is 4.90 Å². The summed E-state index contributed by atoms with van der Waals surface area (Å²) in [6.45, 7) is 0.576. The third-order valence-electron chi connectivity index (χ3n) is 4.00. The maximum Gasteiger partial charge on any atom is 0.276 e. The van der Waals surface area contributed by atoms with Crippen molar-refractivity contribution in [2.24, 2.45) is 4.99 Å². The molecule has 1 atom stereocenters. The standard InChI is InChI=1S/C19H16Cl2N2O2/c20-15-8-6-14(7-9-15)12-22-17-16(21)18(24)23(19(17)25)11-10-13-4-2-1-3-5-13/h1-9,16H,10-12H2. The number of carbonyl (C=O) groups excluding carboxylic acids is 2. The number of hydrogen-bond donors (Lipinski definition) is 0. The lowest BCUT2D eigenvalue weighted by molar-refractivity contribution is -0.136. The van der Waals surface area contributed by atoms with Crippen LogP contribution in [-0.2, 0) is 22.6 Å². The van der Waals surface area contributed by atoms with Crippen LogP contribution < -0.4 is 0 Å². The van der Waals surface area contributed by atoms with Crippen molar-refractivity contribution in [1.29, 1.82) is 0 Å². The number of hydrogen-bond acceptors (Lipinski definition) is 3. The molecule has 0 spiro atoms. The Kier molecular flexibility index (Phi) is 5.51. The number of benzene rings is 2. The van der Waals surface area contributed by atoms with Crippen LogP contribution in [0.1, 0.15) is 11.1 Å². The molecule has 25 heavy (non-hydrogen) atoms. The predicted molar refractivity (Wildman–Crippen MR) is 99.1 cm³/mol. The Morgan fingerprint density at radius 1 is 0.960 bits per heavy atom. The molecule has 0 radical (unpaired) electrons. The van der Waals surface area contributed by atoms with Gasteiger partial charge in [0.2, 0.25) is 0 Å². The largest absolute Gasteiger partial charge is 0.277 e. The molecule has 2 amide bonds. The fourth-order valence-corrected chi connectivity index (χ4v) is 3.02. The van der Waals surface area contributed by atoms with E-state index in [9.17, 15) is 9.59 Å². The molecule has 128 valence electrons. The van der Waals surface area contributed by atoms with Gasteiger partial charge in [0.25, 0.3) is 11.8 Å². The van der Waals surface area contributed by atoms with Crippen LogP contribution in [0.5, 0.6) is 0 Å². The Bertz CT molecular complexity index is 804. The van der Waals surface area contributed by atoms with Crippen LogP contribution in [-0.4, -0.2) is 34.3 Å². The number of alkyl halides is 1. The molecule has 1 heterocycles. The molecule has 4 nitrogen and oxygen atoms in total. The van der Waals surface area contributed by atoms with Crippen LogP contribution in [0.4, 0.5) is 0 Å². The monoisotopic (exact) mass is 374 g/mol. The highest BCUT2D eigenvalue weighted by molar-refractivity contribution is 6.63. The molecule has 0 bridgehead atoms. The van der Waals surface area contributed by atoms with Crippen molar-refractivity contribution in [2.45, 2.75) is 18.3 Å². The van der Waals surface area contributed by atoms with E-state index in [2.05, 4.69) is 4.99 Å². The number of carbonyl (C=O) groups is 2. The van der Waals surface area contributed by atoms with Gasteiger partial charge < -0.3 is 0 Å². The second-order valence-electron chi connectivity index (χ2n) is 5.72. The number of amides is 2. The minimum atomic E-state index is -1.02. The summed E-state index contributed by atoms with van der Waals surface area (Å²) in [6.07, 6.45) is 0.590. The van der Waals surface area contributed by atoms with Gasteiger partial charge in [0.15, 0.2) is 5.38 Å². The van der Waals surface area contributed by atoms with E-state index in [-0.39, 0.29) is 12.3 Å². The smallest absolute Gasteiger partial charge is 0.276 e. The van der Waals surface area contributed by atoms with Crippen LogP contribution in [0, 0.1) is 0 Å². The summed E-state index contributed by atoms with van der Waals surface area (Å²) in [5.41, 5.74) is 2.05. The van der Waals surface area contributed by atoms with Crippen molar-refractivity contribution in [2.75, 3.05) is 6.54 Å². The zero-order chi connectivity index (χ0) is 17.8. The molecule has 3 rings (SSSR count). The lowest BCUT2D eigenvalue weighted by Crippen LogP contribution is -2.33. The first-order chi connectivity index (χ1) is 12.1. The summed E-state index contributed by atoms with van der Waals surface area (Å²) in [5.74, 6) is -0.813. The molecule has 0 aromatic heterocycles. The maximum atomic E-state index is 12.5. The second kappa shape index (κ2) is 7.81. The zero-order valence-electron chi connectivity index (χ0n) is 13.4. The zero-order valence-corrected chi connectivity index (χ0v) is 14.9. The number of rotatable bonds is 5. The lowest BCUT2D eigenvalue weighted by Gasteiger charge is -2.12. The normalized spacial score (nSPS) is 19.0. The molecule has 1 aliphatic heterocycles. The molecule has 6 heteroatoms. The second-order valence-corrected chi connectivity index (χ2v) is 6.59. The molecule has 1 unspecified atom stereocenters. The van der Waals surface area contributed by atoms with E-state index < -0.39 is 17.2 Å². The van der Waals surface area contributed by atoms with Gasteiger partial charge in [0.1, 0.15) is 5.71 Å². The highest BCUT2D eigenvalue weighted by Crippen LogP contribution is 2.19. The van der Waals surface area contributed by atoms with Gasteiger partial charge in [-0.15, -0.1) is 11.6 Å². The molecule has 0 N–H and O–H groups in total. The van der Waals surface area contributed by atoms with Crippen molar-refractivity contribution in [3.05, 3.63) is 70.7 Å². The minimum Gasteiger partial charge on any atom is -0.277 e. The number of nitrogens with zero attached hydrogens (tertiary/aromatic N) is 2. The molecule has 0 aliphatic carbocycles. The third-order valence-corrected chi connectivity index (χ3v) is 4.64. The van der Waals surface area contributed by atoms with E-state index in [1.54, 1.807) is 12.1 Å². The van der Waals surface area contributed by atoms with Gasteiger partial charge in [0.05, 0.1) is 6.54 Å². The average molecular weight is 375 g/mol. The van der Waals surface area contributed by atoms with E-state index in [0.29, 0.717) is 18.0 Å². The summed E-state index contributed by atoms with van der Waals surface area (Å²) in [4.78, 5) is 30.2. The number of imide groups is 1. The Hall–Kier alpha value is -2.17. The van der Waals surface area contributed by atoms with Crippen LogP contribution in [0.3, 0.4) is 0 Å². The predicted octanol–water partition coefficient (Wildman–Crippen LogP) is 3.50.